The van der Waals surface area contributed by atoms with Crippen LogP contribution < -0.4 is 5.73 Å². The Morgan fingerprint density at radius 3 is 2.94 bits per heavy atom. The van der Waals surface area contributed by atoms with Gasteiger partial charge in [-0.05, 0) is 20.3 Å². The first-order valence-corrected chi connectivity index (χ1v) is 6.56. The first-order valence-electron chi connectivity index (χ1n) is 6.56. The van der Waals surface area contributed by atoms with E-state index in [0.717, 1.165) is 19.5 Å². The van der Waals surface area contributed by atoms with Crippen molar-refractivity contribution in [1.82, 2.24) is 15.0 Å². The lowest BCUT2D eigenvalue weighted by atomic mass is 10.2. The van der Waals surface area contributed by atoms with Gasteiger partial charge in [-0.2, -0.15) is 4.98 Å². The quantitative estimate of drug-likeness (QED) is 0.871. The Hall–Kier alpha value is -0.980. The number of nitrogens with two attached hydrogens (primary N) is 1. The maximum absolute atomic E-state index is 5.87. The zero-order valence-corrected chi connectivity index (χ0v) is 11.3. The van der Waals surface area contributed by atoms with Crippen LogP contribution in [0.15, 0.2) is 4.52 Å². The molecule has 1 unspecified atom stereocenters. The van der Waals surface area contributed by atoms with Crippen LogP contribution in [0.1, 0.15) is 51.1 Å². The van der Waals surface area contributed by atoms with Gasteiger partial charge in [0.2, 0.25) is 11.7 Å². The Morgan fingerprint density at radius 2 is 2.28 bits per heavy atom. The van der Waals surface area contributed by atoms with Crippen molar-refractivity contribution in [3.8, 4) is 0 Å². The van der Waals surface area contributed by atoms with Gasteiger partial charge in [0.1, 0.15) is 6.10 Å². The summed E-state index contributed by atoms with van der Waals surface area (Å²) < 4.78 is 10.9. The minimum Gasteiger partial charge on any atom is -0.367 e. The van der Waals surface area contributed by atoms with Crippen molar-refractivity contribution in [2.24, 2.45) is 5.73 Å². The van der Waals surface area contributed by atoms with E-state index in [2.05, 4.69) is 28.9 Å². The minimum atomic E-state index is -0.184. The lowest BCUT2D eigenvalue weighted by Gasteiger charge is -2.34. The third-order valence-corrected chi connectivity index (χ3v) is 3.33. The molecule has 6 heteroatoms. The number of hydrogen-bond acceptors (Lipinski definition) is 6. The van der Waals surface area contributed by atoms with Gasteiger partial charge < -0.3 is 15.0 Å². The van der Waals surface area contributed by atoms with Crippen molar-refractivity contribution in [3.63, 3.8) is 0 Å². The van der Waals surface area contributed by atoms with E-state index >= 15 is 0 Å². The topological polar surface area (TPSA) is 77.4 Å². The van der Waals surface area contributed by atoms with Gasteiger partial charge in [-0.3, -0.25) is 4.90 Å². The van der Waals surface area contributed by atoms with Crippen molar-refractivity contribution in [2.45, 2.75) is 45.4 Å². The summed E-state index contributed by atoms with van der Waals surface area (Å²) in [5, 5.41) is 3.98. The van der Waals surface area contributed by atoms with Gasteiger partial charge in [0.15, 0.2) is 0 Å². The molecule has 0 amide bonds. The van der Waals surface area contributed by atoms with Crippen LogP contribution in [0.25, 0.3) is 0 Å². The first kappa shape index (κ1) is 13.5. The molecule has 0 aliphatic carbocycles. The number of morpholine rings is 1. The highest BCUT2D eigenvalue weighted by Crippen LogP contribution is 2.22. The highest BCUT2D eigenvalue weighted by Gasteiger charge is 2.27. The van der Waals surface area contributed by atoms with Crippen molar-refractivity contribution in [1.29, 1.82) is 0 Å². The summed E-state index contributed by atoms with van der Waals surface area (Å²) in [4.78, 5) is 6.70. The normalized spacial score (nSPS) is 23.5. The van der Waals surface area contributed by atoms with Gasteiger partial charge in [0.25, 0.3) is 0 Å². The minimum absolute atomic E-state index is 0.109. The van der Waals surface area contributed by atoms with Gasteiger partial charge in [0.05, 0.1) is 12.6 Å². The van der Waals surface area contributed by atoms with Gasteiger partial charge in [-0.15, -0.1) is 0 Å². The van der Waals surface area contributed by atoms with Crippen LogP contribution in [0.3, 0.4) is 0 Å². The van der Waals surface area contributed by atoms with Crippen LogP contribution in [0.2, 0.25) is 0 Å². The Balaban J connectivity index is 2.04. The fourth-order valence-corrected chi connectivity index (χ4v) is 2.00. The van der Waals surface area contributed by atoms with Crippen LogP contribution >= 0.6 is 0 Å². The molecule has 1 aliphatic heterocycles. The molecule has 1 fully saturated rings. The standard InChI is InChI=1S/C12H22N4O2/c1-4-9(13)12-14-11(15-18-12)10-7-16(8(2)3)5-6-17-10/h8-10H,4-7,13H2,1-3H3/t9-,10?/m0/s1. The monoisotopic (exact) mass is 254 g/mol. The molecule has 0 radical (unpaired) electrons. The van der Waals surface area contributed by atoms with Crippen LogP contribution in [0.5, 0.6) is 0 Å². The average molecular weight is 254 g/mol. The zero-order valence-electron chi connectivity index (χ0n) is 11.3. The van der Waals surface area contributed by atoms with Crippen molar-refractivity contribution in [3.05, 3.63) is 11.7 Å². The van der Waals surface area contributed by atoms with E-state index in [-0.39, 0.29) is 12.1 Å². The molecule has 2 heterocycles. The van der Waals surface area contributed by atoms with Crippen LogP contribution in [-0.2, 0) is 4.74 Å². The molecule has 2 atom stereocenters. The van der Waals surface area contributed by atoms with Gasteiger partial charge in [0, 0.05) is 19.1 Å². The maximum atomic E-state index is 5.87. The number of aromatic nitrogens is 2. The lowest BCUT2D eigenvalue weighted by molar-refractivity contribution is -0.0450. The second-order valence-electron chi connectivity index (χ2n) is 4.95. The molecule has 0 aromatic carbocycles. The molecule has 0 bridgehead atoms. The molecule has 0 spiro atoms. The third-order valence-electron chi connectivity index (χ3n) is 3.33. The summed E-state index contributed by atoms with van der Waals surface area (Å²) >= 11 is 0. The Labute approximate surface area is 107 Å². The molecule has 6 nitrogen and oxygen atoms in total. The van der Waals surface area contributed by atoms with E-state index in [1.807, 2.05) is 6.92 Å². The predicted molar refractivity (Wildman–Crippen MR) is 66.9 cm³/mol. The number of ether oxygens (including phenoxy) is 1. The highest BCUT2D eigenvalue weighted by atomic mass is 16.5. The van der Waals surface area contributed by atoms with E-state index in [4.69, 9.17) is 15.0 Å². The fraction of sp³-hybridized carbons (Fsp3) is 0.833. The van der Waals surface area contributed by atoms with Gasteiger partial charge in [-0.1, -0.05) is 12.1 Å². The second kappa shape index (κ2) is 5.77. The molecular weight excluding hydrogens is 232 g/mol. The Morgan fingerprint density at radius 1 is 1.50 bits per heavy atom. The molecule has 1 aromatic heterocycles. The van der Waals surface area contributed by atoms with E-state index < -0.39 is 0 Å². The summed E-state index contributed by atoms with van der Waals surface area (Å²) in [6.07, 6.45) is 0.674. The number of hydrogen-bond donors (Lipinski definition) is 1. The summed E-state index contributed by atoms with van der Waals surface area (Å²) in [5.74, 6) is 1.11. The van der Waals surface area contributed by atoms with Crippen LogP contribution in [-0.4, -0.2) is 40.8 Å². The Bertz CT molecular complexity index is 380. The lowest BCUT2D eigenvalue weighted by Crippen LogP contribution is -2.42. The maximum Gasteiger partial charge on any atom is 0.243 e. The highest BCUT2D eigenvalue weighted by molar-refractivity contribution is 4.97. The molecule has 1 aliphatic rings. The van der Waals surface area contributed by atoms with Gasteiger partial charge in [-0.25, -0.2) is 0 Å². The van der Waals surface area contributed by atoms with Gasteiger partial charge >= 0.3 is 0 Å². The van der Waals surface area contributed by atoms with E-state index in [1.54, 1.807) is 0 Å². The number of rotatable bonds is 4. The summed E-state index contributed by atoms with van der Waals surface area (Å²) in [7, 11) is 0. The molecule has 102 valence electrons. The molecule has 18 heavy (non-hydrogen) atoms. The number of nitrogens with zero attached hydrogens (tertiary/aromatic N) is 3. The van der Waals surface area contributed by atoms with Crippen molar-refractivity contribution in [2.75, 3.05) is 19.7 Å². The van der Waals surface area contributed by atoms with E-state index in [9.17, 15) is 0 Å². The summed E-state index contributed by atoms with van der Waals surface area (Å²) in [6.45, 7) is 8.80. The van der Waals surface area contributed by atoms with Crippen molar-refractivity contribution >= 4 is 0 Å². The second-order valence-corrected chi connectivity index (χ2v) is 4.95. The molecule has 2 rings (SSSR count). The summed E-state index contributed by atoms with van der Waals surface area (Å²) in [6, 6.07) is 0.316. The SMILES string of the molecule is CC[C@H](N)c1nc(C2CN(C(C)C)CCO2)no1. The Kier molecular flexibility index (Phi) is 4.31. The molecule has 2 N–H and O–H groups in total. The van der Waals surface area contributed by atoms with E-state index in [1.165, 1.54) is 0 Å². The zero-order chi connectivity index (χ0) is 13.1. The average Bonchev–Trinajstić information content (AvgIpc) is 2.87. The molecule has 1 aromatic rings. The van der Waals surface area contributed by atoms with E-state index in [0.29, 0.717) is 24.4 Å². The smallest absolute Gasteiger partial charge is 0.243 e. The largest absolute Gasteiger partial charge is 0.367 e. The van der Waals surface area contributed by atoms with Crippen molar-refractivity contribution < 1.29 is 9.26 Å². The summed E-state index contributed by atoms with van der Waals surface area (Å²) in [5.41, 5.74) is 5.87. The van der Waals surface area contributed by atoms with Crippen LogP contribution in [0, 0.1) is 0 Å². The molecule has 0 saturated carbocycles. The third kappa shape index (κ3) is 2.88. The first-order chi connectivity index (χ1) is 8.61. The molecule has 1 saturated heterocycles. The van der Waals surface area contributed by atoms with Crippen LogP contribution in [0.4, 0.5) is 0 Å². The predicted octanol–water partition coefficient (Wildman–Crippen LogP) is 1.26. The fourth-order valence-electron chi connectivity index (χ4n) is 2.00. The molecular formula is C12H22N4O2.